The molecular weight excluding hydrogens is 665 g/mol. The molecule has 0 saturated carbocycles. The lowest BCUT2D eigenvalue weighted by atomic mass is 10.0. The Labute approximate surface area is 286 Å². The molecule has 1 atom stereocenters. The van der Waals surface area contributed by atoms with E-state index in [4.69, 9.17) is 34.8 Å². The maximum Gasteiger partial charge on any atom is 0.264 e. The van der Waals surface area contributed by atoms with Crippen molar-refractivity contribution in [3.63, 3.8) is 0 Å². The number of rotatable bonds is 14. The molecule has 0 spiro atoms. The molecule has 11 heteroatoms. The van der Waals surface area contributed by atoms with Crippen molar-refractivity contribution in [1.82, 2.24) is 10.2 Å². The minimum Gasteiger partial charge on any atom is -0.354 e. The fraction of sp³-hybridized carbons (Fsp3) is 0.257. The molecular formula is C35H36Cl3N3O4S. The molecule has 4 aromatic carbocycles. The van der Waals surface area contributed by atoms with Gasteiger partial charge in [-0.1, -0.05) is 102 Å². The second-order valence-electron chi connectivity index (χ2n) is 10.9. The van der Waals surface area contributed by atoms with Crippen LogP contribution in [0.5, 0.6) is 0 Å². The summed E-state index contributed by atoms with van der Waals surface area (Å²) in [5, 5.41) is 4.03. The van der Waals surface area contributed by atoms with Gasteiger partial charge >= 0.3 is 0 Å². The van der Waals surface area contributed by atoms with E-state index in [1.54, 1.807) is 54.6 Å². The Kier molecular flexibility index (Phi) is 12.5. The van der Waals surface area contributed by atoms with Gasteiger partial charge in [-0.3, -0.25) is 13.9 Å². The van der Waals surface area contributed by atoms with Crippen LogP contribution in [0.15, 0.2) is 102 Å². The highest BCUT2D eigenvalue weighted by Crippen LogP contribution is 2.28. The Morgan fingerprint density at radius 2 is 1.50 bits per heavy atom. The van der Waals surface area contributed by atoms with Gasteiger partial charge in [0.05, 0.1) is 20.6 Å². The number of anilines is 1. The van der Waals surface area contributed by atoms with Gasteiger partial charge in [0, 0.05) is 24.5 Å². The van der Waals surface area contributed by atoms with E-state index in [-0.39, 0.29) is 29.5 Å². The van der Waals surface area contributed by atoms with Crippen LogP contribution in [-0.4, -0.2) is 44.3 Å². The van der Waals surface area contributed by atoms with Crippen LogP contribution in [0, 0.1) is 6.92 Å². The van der Waals surface area contributed by atoms with E-state index in [0.717, 1.165) is 28.3 Å². The molecule has 4 rings (SSSR count). The van der Waals surface area contributed by atoms with E-state index in [1.165, 1.54) is 17.0 Å². The summed E-state index contributed by atoms with van der Waals surface area (Å²) in [4.78, 5) is 29.8. The van der Waals surface area contributed by atoms with Crippen molar-refractivity contribution in [1.29, 1.82) is 0 Å². The van der Waals surface area contributed by atoms with Crippen LogP contribution in [0.4, 0.5) is 5.69 Å². The summed E-state index contributed by atoms with van der Waals surface area (Å²) in [7, 11) is -4.22. The third-order valence-electron chi connectivity index (χ3n) is 7.44. The molecule has 0 bridgehead atoms. The summed E-state index contributed by atoms with van der Waals surface area (Å²) in [5.41, 5.74) is 2.60. The molecule has 46 heavy (non-hydrogen) atoms. The summed E-state index contributed by atoms with van der Waals surface area (Å²) in [6.07, 6.45) is 1.85. The first-order valence-corrected chi connectivity index (χ1v) is 17.5. The maximum absolute atomic E-state index is 14.5. The number of hydrogen-bond donors (Lipinski definition) is 1. The van der Waals surface area contributed by atoms with Gasteiger partial charge in [0.1, 0.15) is 12.6 Å². The van der Waals surface area contributed by atoms with Crippen molar-refractivity contribution in [3.8, 4) is 0 Å². The van der Waals surface area contributed by atoms with Crippen molar-refractivity contribution in [2.24, 2.45) is 0 Å². The van der Waals surface area contributed by atoms with Crippen LogP contribution in [0.1, 0.15) is 36.5 Å². The fourth-order valence-electron chi connectivity index (χ4n) is 4.87. The summed E-state index contributed by atoms with van der Waals surface area (Å²) in [5.74, 6) is -0.923. The normalized spacial score (nSPS) is 11.9. The molecule has 7 nitrogen and oxygen atoms in total. The Bertz CT molecular complexity index is 1740. The summed E-state index contributed by atoms with van der Waals surface area (Å²) in [6.45, 7) is 3.72. The van der Waals surface area contributed by atoms with E-state index in [9.17, 15) is 18.0 Å². The van der Waals surface area contributed by atoms with Crippen molar-refractivity contribution in [2.45, 2.75) is 50.6 Å². The summed E-state index contributed by atoms with van der Waals surface area (Å²) in [6, 6.07) is 26.0. The topological polar surface area (TPSA) is 86.8 Å². The van der Waals surface area contributed by atoms with Crippen LogP contribution >= 0.6 is 34.8 Å². The molecule has 0 fully saturated rings. The van der Waals surface area contributed by atoms with Crippen LogP contribution in [0.2, 0.25) is 15.1 Å². The molecule has 0 heterocycles. The van der Waals surface area contributed by atoms with Crippen LogP contribution in [-0.2, 0) is 32.6 Å². The van der Waals surface area contributed by atoms with Gasteiger partial charge in [-0.05, 0) is 73.0 Å². The summed E-state index contributed by atoms with van der Waals surface area (Å²) < 4.78 is 29.3. The molecule has 0 aliphatic rings. The number of nitrogens with one attached hydrogen (secondary N) is 1. The van der Waals surface area contributed by atoms with Crippen LogP contribution < -0.4 is 9.62 Å². The Hall–Kier alpha value is -3.56. The lowest BCUT2D eigenvalue weighted by molar-refractivity contribution is -0.140. The number of halogens is 3. The highest BCUT2D eigenvalue weighted by molar-refractivity contribution is 7.92. The van der Waals surface area contributed by atoms with Crippen LogP contribution in [0.3, 0.4) is 0 Å². The van der Waals surface area contributed by atoms with Gasteiger partial charge in [0.2, 0.25) is 11.8 Å². The second kappa shape index (κ2) is 16.3. The molecule has 0 aromatic heterocycles. The molecule has 4 aromatic rings. The molecule has 0 aliphatic heterocycles. The number of benzene rings is 4. The monoisotopic (exact) mass is 699 g/mol. The predicted octanol–water partition coefficient (Wildman–Crippen LogP) is 7.71. The molecule has 2 amide bonds. The highest BCUT2D eigenvalue weighted by Gasteiger charge is 2.34. The molecule has 0 radical (unpaired) electrons. The second-order valence-corrected chi connectivity index (χ2v) is 14.0. The Balaban J connectivity index is 1.80. The van der Waals surface area contributed by atoms with E-state index in [0.29, 0.717) is 27.2 Å². The third-order valence-corrected chi connectivity index (χ3v) is 10.2. The molecule has 0 aliphatic carbocycles. The van der Waals surface area contributed by atoms with Crippen LogP contribution in [0.25, 0.3) is 0 Å². The number of carbonyl (C=O) groups excluding carboxylic acids is 2. The maximum atomic E-state index is 14.5. The zero-order valence-corrected chi connectivity index (χ0v) is 28.7. The highest BCUT2D eigenvalue weighted by atomic mass is 35.5. The number of unbranched alkanes of at least 4 members (excludes halogenated alkanes) is 1. The zero-order chi connectivity index (χ0) is 33.3. The number of hydrogen-bond acceptors (Lipinski definition) is 4. The van der Waals surface area contributed by atoms with Crippen molar-refractivity contribution in [2.75, 3.05) is 17.4 Å². The number of sulfonamides is 1. The Morgan fingerprint density at radius 1 is 0.826 bits per heavy atom. The van der Waals surface area contributed by atoms with Gasteiger partial charge in [0.25, 0.3) is 10.0 Å². The van der Waals surface area contributed by atoms with E-state index in [2.05, 4.69) is 5.32 Å². The molecule has 1 N–H and O–H groups in total. The molecule has 242 valence electrons. The first-order valence-electron chi connectivity index (χ1n) is 14.9. The predicted molar refractivity (Wildman–Crippen MR) is 186 cm³/mol. The van der Waals surface area contributed by atoms with Crippen molar-refractivity contribution in [3.05, 3.63) is 129 Å². The minimum absolute atomic E-state index is 0.0204. The van der Waals surface area contributed by atoms with Crippen molar-refractivity contribution >= 4 is 62.3 Å². The quantitative estimate of drug-likeness (QED) is 0.137. The van der Waals surface area contributed by atoms with E-state index >= 15 is 0 Å². The molecule has 0 saturated heterocycles. The lowest BCUT2D eigenvalue weighted by Gasteiger charge is -2.34. The third kappa shape index (κ3) is 9.26. The molecule has 0 unspecified atom stereocenters. The zero-order valence-electron chi connectivity index (χ0n) is 25.6. The van der Waals surface area contributed by atoms with E-state index < -0.39 is 28.5 Å². The smallest absolute Gasteiger partial charge is 0.264 e. The number of nitrogens with zero attached hydrogens (tertiary/aromatic N) is 2. The SMILES string of the molecule is CCCCNC(=O)[C@@H](Cc1ccccc1)N(Cc1ccc(Cl)c(Cl)c1)C(=O)CN(c1ccc(Cl)cc1)S(=O)(=O)c1ccc(C)cc1. The van der Waals surface area contributed by atoms with Gasteiger partial charge < -0.3 is 10.2 Å². The first kappa shape index (κ1) is 35.3. The number of carbonyl (C=O) groups is 2. The average Bonchev–Trinajstić information content (AvgIpc) is 3.04. The van der Waals surface area contributed by atoms with Gasteiger partial charge in [-0.2, -0.15) is 0 Å². The van der Waals surface area contributed by atoms with Gasteiger partial charge in [-0.15, -0.1) is 0 Å². The lowest BCUT2D eigenvalue weighted by Crippen LogP contribution is -2.53. The first-order chi connectivity index (χ1) is 22.0. The largest absolute Gasteiger partial charge is 0.354 e. The van der Waals surface area contributed by atoms with E-state index in [1.807, 2.05) is 44.2 Å². The standard InChI is InChI=1S/C35H36Cl3N3O4S/c1-3-4-20-39-35(43)33(22-26-8-6-5-7-9-26)40(23-27-12-19-31(37)32(38)21-27)34(42)24-41(29-15-13-28(36)14-16-29)46(44,45)30-17-10-25(2)11-18-30/h5-19,21,33H,3-4,20,22-24H2,1-2H3,(H,39,43)/t33-/m1/s1. The fourth-order valence-corrected chi connectivity index (χ4v) is 6.73. The number of aryl methyl sites for hydroxylation is 1. The average molecular weight is 701 g/mol. The van der Waals surface area contributed by atoms with Gasteiger partial charge in [0.15, 0.2) is 0 Å². The summed E-state index contributed by atoms with van der Waals surface area (Å²) >= 11 is 18.6. The Morgan fingerprint density at radius 3 is 2.13 bits per heavy atom. The van der Waals surface area contributed by atoms with Gasteiger partial charge in [-0.25, -0.2) is 8.42 Å². The minimum atomic E-state index is -4.22. The van der Waals surface area contributed by atoms with Crippen molar-refractivity contribution < 1.29 is 18.0 Å². The number of amides is 2.